The first kappa shape index (κ1) is 19.1. The maximum absolute atomic E-state index is 12.6. The molecule has 1 aromatic heterocycles. The Bertz CT molecular complexity index is 816. The molecule has 1 fully saturated rings. The first-order valence-electron chi connectivity index (χ1n) is 8.90. The van der Waals surface area contributed by atoms with Crippen molar-refractivity contribution in [2.24, 2.45) is 0 Å². The van der Waals surface area contributed by atoms with Crippen LogP contribution in [0.15, 0.2) is 40.8 Å². The van der Waals surface area contributed by atoms with E-state index in [0.29, 0.717) is 24.3 Å². The molecule has 0 spiro atoms. The molecule has 27 heavy (non-hydrogen) atoms. The van der Waals surface area contributed by atoms with E-state index < -0.39 is 12.1 Å². The van der Waals surface area contributed by atoms with E-state index in [9.17, 15) is 14.7 Å². The zero-order valence-corrected chi connectivity index (χ0v) is 15.5. The molecule has 0 unspecified atom stereocenters. The molecule has 1 saturated heterocycles. The lowest BCUT2D eigenvalue weighted by molar-refractivity contribution is -0.138. The SMILES string of the molecule is COCC(=O)N1CC[C@@H](NC(=O)c2cccc(-c3ccc(C)o3)c2)[C@H](O)C1. The van der Waals surface area contributed by atoms with Crippen molar-refractivity contribution in [2.75, 3.05) is 26.8 Å². The van der Waals surface area contributed by atoms with Crippen LogP contribution in [-0.4, -0.2) is 60.8 Å². The van der Waals surface area contributed by atoms with Crippen LogP contribution in [0.5, 0.6) is 0 Å². The normalized spacial score (nSPS) is 19.7. The summed E-state index contributed by atoms with van der Waals surface area (Å²) in [4.78, 5) is 26.0. The van der Waals surface area contributed by atoms with Crippen LogP contribution in [0.2, 0.25) is 0 Å². The van der Waals surface area contributed by atoms with Crippen LogP contribution in [-0.2, 0) is 9.53 Å². The molecule has 1 aliphatic heterocycles. The smallest absolute Gasteiger partial charge is 0.251 e. The summed E-state index contributed by atoms with van der Waals surface area (Å²) in [6.07, 6.45) is -0.334. The zero-order chi connectivity index (χ0) is 19.4. The van der Waals surface area contributed by atoms with Gasteiger partial charge >= 0.3 is 0 Å². The maximum Gasteiger partial charge on any atom is 0.251 e. The number of piperidine rings is 1. The second-order valence-corrected chi connectivity index (χ2v) is 6.70. The van der Waals surface area contributed by atoms with Crippen molar-refractivity contribution in [2.45, 2.75) is 25.5 Å². The number of hydrogen-bond acceptors (Lipinski definition) is 5. The van der Waals surface area contributed by atoms with E-state index in [0.717, 1.165) is 11.3 Å². The molecule has 144 valence electrons. The standard InChI is InChI=1S/C20H24N2O5/c1-13-6-7-18(27-13)14-4-3-5-15(10-14)20(25)21-16-8-9-22(11-17(16)23)19(24)12-26-2/h3-7,10,16-17,23H,8-9,11-12H2,1-2H3,(H,21,25)/t16-,17-/m1/s1. The van der Waals surface area contributed by atoms with Crippen LogP contribution in [0.25, 0.3) is 11.3 Å². The van der Waals surface area contributed by atoms with Gasteiger partial charge in [-0.2, -0.15) is 0 Å². The molecule has 1 aromatic carbocycles. The Kier molecular flexibility index (Phi) is 5.93. The molecule has 7 heteroatoms. The molecule has 3 rings (SSSR count). The van der Waals surface area contributed by atoms with E-state index in [-0.39, 0.29) is 25.0 Å². The number of aliphatic hydroxyl groups excluding tert-OH is 1. The van der Waals surface area contributed by atoms with Gasteiger partial charge in [0.25, 0.3) is 5.91 Å². The monoisotopic (exact) mass is 372 g/mol. The third kappa shape index (κ3) is 4.56. The van der Waals surface area contributed by atoms with E-state index >= 15 is 0 Å². The first-order chi connectivity index (χ1) is 13.0. The number of amides is 2. The Morgan fingerprint density at radius 3 is 2.81 bits per heavy atom. The van der Waals surface area contributed by atoms with Crippen molar-refractivity contribution < 1.29 is 23.8 Å². The number of methoxy groups -OCH3 is 1. The molecule has 2 aromatic rings. The van der Waals surface area contributed by atoms with Crippen molar-refractivity contribution in [1.82, 2.24) is 10.2 Å². The van der Waals surface area contributed by atoms with Crippen LogP contribution in [0.1, 0.15) is 22.5 Å². The molecule has 0 bridgehead atoms. The summed E-state index contributed by atoms with van der Waals surface area (Å²) < 4.78 is 10.4. The average molecular weight is 372 g/mol. The molecule has 0 saturated carbocycles. The summed E-state index contributed by atoms with van der Waals surface area (Å²) in [6, 6.07) is 10.5. The van der Waals surface area contributed by atoms with Gasteiger partial charge in [0.05, 0.1) is 12.1 Å². The topological polar surface area (TPSA) is 92.0 Å². The predicted molar refractivity (Wildman–Crippen MR) is 99.2 cm³/mol. The maximum atomic E-state index is 12.6. The minimum Gasteiger partial charge on any atom is -0.461 e. The number of ether oxygens (including phenoxy) is 1. The van der Waals surface area contributed by atoms with Gasteiger partial charge < -0.3 is 24.5 Å². The summed E-state index contributed by atoms with van der Waals surface area (Å²) in [5, 5.41) is 13.2. The molecule has 2 atom stereocenters. The fourth-order valence-corrected chi connectivity index (χ4v) is 3.20. The largest absolute Gasteiger partial charge is 0.461 e. The van der Waals surface area contributed by atoms with Crippen molar-refractivity contribution >= 4 is 11.8 Å². The van der Waals surface area contributed by atoms with Gasteiger partial charge in [-0.15, -0.1) is 0 Å². The summed E-state index contributed by atoms with van der Waals surface area (Å²) in [5.41, 5.74) is 1.31. The summed E-state index contributed by atoms with van der Waals surface area (Å²) in [6.45, 7) is 2.50. The van der Waals surface area contributed by atoms with E-state index in [1.54, 1.807) is 23.1 Å². The quantitative estimate of drug-likeness (QED) is 0.832. The van der Waals surface area contributed by atoms with Crippen molar-refractivity contribution in [3.8, 4) is 11.3 Å². The van der Waals surface area contributed by atoms with Gasteiger partial charge in [-0.05, 0) is 37.6 Å². The lowest BCUT2D eigenvalue weighted by Crippen LogP contribution is -2.55. The number of aliphatic hydroxyl groups is 1. The minimum absolute atomic E-state index is 0.0111. The second kappa shape index (κ2) is 8.37. The number of likely N-dealkylation sites (tertiary alicyclic amines) is 1. The van der Waals surface area contributed by atoms with Gasteiger partial charge in [0.1, 0.15) is 18.1 Å². The number of hydrogen-bond donors (Lipinski definition) is 2. The van der Waals surface area contributed by atoms with E-state index in [1.807, 2.05) is 25.1 Å². The second-order valence-electron chi connectivity index (χ2n) is 6.70. The average Bonchev–Trinajstić information content (AvgIpc) is 3.10. The number of nitrogens with one attached hydrogen (secondary N) is 1. The van der Waals surface area contributed by atoms with Crippen LogP contribution < -0.4 is 5.32 Å². The third-order valence-corrected chi connectivity index (χ3v) is 4.67. The van der Waals surface area contributed by atoms with E-state index in [1.165, 1.54) is 7.11 Å². The number of aryl methyl sites for hydroxylation is 1. The Balaban J connectivity index is 1.63. The van der Waals surface area contributed by atoms with Crippen molar-refractivity contribution in [3.05, 3.63) is 47.7 Å². The lowest BCUT2D eigenvalue weighted by Gasteiger charge is -2.36. The van der Waals surface area contributed by atoms with E-state index in [2.05, 4.69) is 5.32 Å². The third-order valence-electron chi connectivity index (χ3n) is 4.67. The highest BCUT2D eigenvalue weighted by molar-refractivity contribution is 5.95. The van der Waals surface area contributed by atoms with Crippen LogP contribution in [0.3, 0.4) is 0 Å². The fraction of sp³-hybridized carbons (Fsp3) is 0.400. The molecule has 1 aliphatic rings. The number of nitrogens with zero attached hydrogens (tertiary/aromatic N) is 1. The van der Waals surface area contributed by atoms with Gasteiger partial charge in [-0.3, -0.25) is 9.59 Å². The molecular formula is C20H24N2O5. The number of β-amino-alcohol motifs (C(OH)–C–C–N with tert-alkyl or cyclic N) is 1. The van der Waals surface area contributed by atoms with Crippen molar-refractivity contribution in [3.63, 3.8) is 0 Å². The fourth-order valence-electron chi connectivity index (χ4n) is 3.20. The number of rotatable bonds is 5. The number of benzene rings is 1. The number of carbonyl (C=O) groups is 2. The van der Waals surface area contributed by atoms with Crippen molar-refractivity contribution in [1.29, 1.82) is 0 Å². The predicted octanol–water partition coefficient (Wildman–Crippen LogP) is 1.59. The van der Waals surface area contributed by atoms with Gasteiger partial charge in [0, 0.05) is 31.3 Å². The molecule has 2 heterocycles. The Morgan fingerprint density at radius 1 is 1.33 bits per heavy atom. The first-order valence-corrected chi connectivity index (χ1v) is 8.90. The van der Waals surface area contributed by atoms with Crippen LogP contribution in [0, 0.1) is 6.92 Å². The van der Waals surface area contributed by atoms with Gasteiger partial charge in [-0.1, -0.05) is 12.1 Å². The lowest BCUT2D eigenvalue weighted by atomic mass is 10.0. The highest BCUT2D eigenvalue weighted by Crippen LogP contribution is 2.23. The number of furan rings is 1. The Morgan fingerprint density at radius 2 is 2.15 bits per heavy atom. The molecule has 7 nitrogen and oxygen atoms in total. The minimum atomic E-state index is -0.820. The highest BCUT2D eigenvalue weighted by Gasteiger charge is 2.31. The molecular weight excluding hydrogens is 348 g/mol. The molecule has 0 aliphatic carbocycles. The van der Waals surface area contributed by atoms with Gasteiger partial charge in [0.2, 0.25) is 5.91 Å². The van der Waals surface area contributed by atoms with Crippen LogP contribution in [0.4, 0.5) is 0 Å². The summed E-state index contributed by atoms with van der Waals surface area (Å²) in [5.74, 6) is 1.08. The summed E-state index contributed by atoms with van der Waals surface area (Å²) >= 11 is 0. The van der Waals surface area contributed by atoms with E-state index in [4.69, 9.17) is 9.15 Å². The Hall–Kier alpha value is -2.64. The Labute approximate surface area is 157 Å². The summed E-state index contributed by atoms with van der Waals surface area (Å²) in [7, 11) is 1.46. The zero-order valence-electron chi connectivity index (χ0n) is 15.5. The molecule has 0 radical (unpaired) electrons. The highest BCUT2D eigenvalue weighted by atomic mass is 16.5. The molecule has 2 amide bonds. The van der Waals surface area contributed by atoms with Gasteiger partial charge in [-0.25, -0.2) is 0 Å². The van der Waals surface area contributed by atoms with Gasteiger partial charge in [0.15, 0.2) is 0 Å². The van der Waals surface area contributed by atoms with Crippen LogP contribution >= 0.6 is 0 Å². The molecule has 2 N–H and O–H groups in total. The number of carbonyl (C=O) groups excluding carboxylic acids is 2.